The molecule has 2 aromatic rings. The smallest absolute Gasteiger partial charge is 0.267 e. The van der Waals surface area contributed by atoms with Gasteiger partial charge in [0.15, 0.2) is 0 Å². The van der Waals surface area contributed by atoms with E-state index < -0.39 is 0 Å². The Morgan fingerprint density at radius 3 is 2.47 bits per heavy atom. The van der Waals surface area contributed by atoms with E-state index in [0.717, 1.165) is 5.56 Å². The number of halogens is 1. The molecule has 4 heteroatoms. The minimum Gasteiger partial charge on any atom is -0.267 e. The van der Waals surface area contributed by atoms with E-state index >= 15 is 0 Å². The summed E-state index contributed by atoms with van der Waals surface area (Å²) in [5, 5.41) is 4.61. The fraction of sp³-hybridized carbons (Fsp3) is 0.0667. The molecule has 0 aliphatic rings. The van der Waals surface area contributed by atoms with Crippen molar-refractivity contribution >= 4 is 23.7 Å². The lowest BCUT2D eigenvalue weighted by atomic mass is 10.2. The molecule has 0 heterocycles. The number of hydrazone groups is 1. The maximum atomic E-state index is 11.7. The molecule has 19 heavy (non-hydrogen) atoms. The Hall–Kier alpha value is -2.13. The van der Waals surface area contributed by atoms with Crippen molar-refractivity contribution < 1.29 is 4.79 Å². The van der Waals surface area contributed by atoms with Gasteiger partial charge in [0.25, 0.3) is 5.91 Å². The summed E-state index contributed by atoms with van der Waals surface area (Å²) in [7, 11) is 0. The minimum atomic E-state index is -0.215. The molecule has 0 atom stereocenters. The standard InChI is InChI=1S/C15H13ClN2O/c16-14-8-6-12(7-9-14)10-11-17-18-15(19)13-4-2-1-3-5-13/h1-9,11H,10H2,(H,18,19). The number of nitrogens with one attached hydrogen (secondary N) is 1. The molecule has 0 fully saturated rings. The highest BCUT2D eigenvalue weighted by atomic mass is 35.5. The number of amides is 1. The highest BCUT2D eigenvalue weighted by Crippen LogP contribution is 2.09. The van der Waals surface area contributed by atoms with E-state index in [1.165, 1.54) is 0 Å². The molecule has 0 saturated carbocycles. The molecule has 0 spiro atoms. The van der Waals surface area contributed by atoms with Gasteiger partial charge in [-0.2, -0.15) is 5.10 Å². The molecule has 0 aliphatic heterocycles. The SMILES string of the molecule is O=C(NN=CCc1ccc(Cl)cc1)c1ccccc1. The maximum absolute atomic E-state index is 11.7. The van der Waals surface area contributed by atoms with Crippen LogP contribution < -0.4 is 5.43 Å². The Labute approximate surface area is 116 Å². The van der Waals surface area contributed by atoms with Crippen LogP contribution in [0.1, 0.15) is 15.9 Å². The van der Waals surface area contributed by atoms with Crippen LogP contribution in [0.25, 0.3) is 0 Å². The van der Waals surface area contributed by atoms with E-state index in [4.69, 9.17) is 11.6 Å². The zero-order valence-electron chi connectivity index (χ0n) is 10.2. The monoisotopic (exact) mass is 272 g/mol. The summed E-state index contributed by atoms with van der Waals surface area (Å²) in [4.78, 5) is 11.7. The Morgan fingerprint density at radius 2 is 1.79 bits per heavy atom. The fourth-order valence-electron chi connectivity index (χ4n) is 1.53. The third-order valence-corrected chi connectivity index (χ3v) is 2.79. The second-order valence-electron chi connectivity index (χ2n) is 3.95. The minimum absolute atomic E-state index is 0.215. The molecule has 0 unspecified atom stereocenters. The van der Waals surface area contributed by atoms with Crippen LogP contribution in [-0.2, 0) is 6.42 Å². The predicted molar refractivity (Wildman–Crippen MR) is 77.6 cm³/mol. The lowest BCUT2D eigenvalue weighted by molar-refractivity contribution is 0.0955. The van der Waals surface area contributed by atoms with Crippen molar-refractivity contribution in [1.29, 1.82) is 0 Å². The first kappa shape index (κ1) is 13.3. The molecule has 3 nitrogen and oxygen atoms in total. The number of benzene rings is 2. The van der Waals surface area contributed by atoms with Crippen LogP contribution in [0.2, 0.25) is 5.02 Å². The summed E-state index contributed by atoms with van der Waals surface area (Å²) in [5.41, 5.74) is 4.16. The van der Waals surface area contributed by atoms with Gasteiger partial charge in [0, 0.05) is 23.2 Å². The molecule has 2 rings (SSSR count). The Bertz CT molecular complexity index is 564. The molecule has 96 valence electrons. The van der Waals surface area contributed by atoms with Crippen molar-refractivity contribution in [3.05, 3.63) is 70.7 Å². The van der Waals surface area contributed by atoms with Crippen LogP contribution in [0.5, 0.6) is 0 Å². The maximum Gasteiger partial charge on any atom is 0.271 e. The first-order valence-electron chi connectivity index (χ1n) is 5.87. The van der Waals surface area contributed by atoms with Crippen molar-refractivity contribution in [1.82, 2.24) is 5.43 Å². The number of hydrogen-bond acceptors (Lipinski definition) is 2. The number of rotatable bonds is 4. The normalized spacial score (nSPS) is 10.6. The van der Waals surface area contributed by atoms with Gasteiger partial charge in [-0.3, -0.25) is 4.79 Å². The highest BCUT2D eigenvalue weighted by molar-refractivity contribution is 6.30. The molecule has 1 N–H and O–H groups in total. The molecule has 0 bridgehead atoms. The largest absolute Gasteiger partial charge is 0.271 e. The van der Waals surface area contributed by atoms with Gasteiger partial charge in [0.1, 0.15) is 0 Å². The summed E-state index contributed by atoms with van der Waals surface area (Å²) >= 11 is 5.79. The fourth-order valence-corrected chi connectivity index (χ4v) is 1.66. The molecule has 0 aromatic heterocycles. The lowest BCUT2D eigenvalue weighted by Gasteiger charge is -1.99. The second kappa shape index (κ2) is 6.71. The predicted octanol–water partition coefficient (Wildman–Crippen LogP) is 3.30. The van der Waals surface area contributed by atoms with Gasteiger partial charge in [-0.25, -0.2) is 5.43 Å². The van der Waals surface area contributed by atoms with Crippen molar-refractivity contribution in [3.8, 4) is 0 Å². The van der Waals surface area contributed by atoms with Crippen LogP contribution in [0.15, 0.2) is 59.7 Å². The van der Waals surface area contributed by atoms with Crippen LogP contribution >= 0.6 is 11.6 Å². The Kier molecular flexibility index (Phi) is 4.70. The first-order chi connectivity index (χ1) is 9.25. The zero-order valence-corrected chi connectivity index (χ0v) is 11.0. The van der Waals surface area contributed by atoms with Gasteiger partial charge < -0.3 is 0 Å². The molecule has 1 amide bonds. The van der Waals surface area contributed by atoms with E-state index in [1.807, 2.05) is 42.5 Å². The van der Waals surface area contributed by atoms with Crippen LogP contribution in [0.4, 0.5) is 0 Å². The van der Waals surface area contributed by atoms with Crippen LogP contribution in [0.3, 0.4) is 0 Å². The van der Waals surface area contributed by atoms with Gasteiger partial charge in [-0.1, -0.05) is 41.9 Å². The van der Waals surface area contributed by atoms with Gasteiger partial charge in [0.2, 0.25) is 0 Å². The van der Waals surface area contributed by atoms with Crippen LogP contribution in [-0.4, -0.2) is 12.1 Å². The van der Waals surface area contributed by atoms with Crippen molar-refractivity contribution in [3.63, 3.8) is 0 Å². The topological polar surface area (TPSA) is 41.5 Å². The van der Waals surface area contributed by atoms with E-state index in [2.05, 4.69) is 10.5 Å². The third kappa shape index (κ3) is 4.23. The van der Waals surface area contributed by atoms with Gasteiger partial charge >= 0.3 is 0 Å². The molecular weight excluding hydrogens is 260 g/mol. The molecule has 0 aliphatic carbocycles. The van der Waals surface area contributed by atoms with E-state index in [1.54, 1.807) is 18.3 Å². The molecule has 0 saturated heterocycles. The highest BCUT2D eigenvalue weighted by Gasteiger charge is 2.01. The summed E-state index contributed by atoms with van der Waals surface area (Å²) in [6.45, 7) is 0. The molecule has 2 aromatic carbocycles. The summed E-state index contributed by atoms with van der Waals surface area (Å²) < 4.78 is 0. The zero-order chi connectivity index (χ0) is 13.5. The number of carbonyl (C=O) groups is 1. The Balaban J connectivity index is 1.84. The first-order valence-corrected chi connectivity index (χ1v) is 6.25. The van der Waals surface area contributed by atoms with Gasteiger partial charge in [-0.15, -0.1) is 0 Å². The average molecular weight is 273 g/mol. The summed E-state index contributed by atoms with van der Waals surface area (Å²) in [6, 6.07) is 16.5. The number of carbonyl (C=O) groups excluding carboxylic acids is 1. The third-order valence-electron chi connectivity index (χ3n) is 2.53. The van der Waals surface area contributed by atoms with Gasteiger partial charge in [0.05, 0.1) is 0 Å². The summed E-state index contributed by atoms with van der Waals surface area (Å²) in [5.74, 6) is -0.215. The van der Waals surface area contributed by atoms with Crippen molar-refractivity contribution in [2.45, 2.75) is 6.42 Å². The Morgan fingerprint density at radius 1 is 1.11 bits per heavy atom. The number of nitrogens with zero attached hydrogens (tertiary/aromatic N) is 1. The van der Waals surface area contributed by atoms with E-state index in [9.17, 15) is 4.79 Å². The molecule has 0 radical (unpaired) electrons. The van der Waals surface area contributed by atoms with Gasteiger partial charge in [-0.05, 0) is 29.8 Å². The molecular formula is C15H13ClN2O. The van der Waals surface area contributed by atoms with Crippen molar-refractivity contribution in [2.75, 3.05) is 0 Å². The second-order valence-corrected chi connectivity index (χ2v) is 4.39. The van der Waals surface area contributed by atoms with Crippen molar-refractivity contribution in [2.24, 2.45) is 5.10 Å². The number of hydrogen-bond donors (Lipinski definition) is 1. The quantitative estimate of drug-likeness (QED) is 0.673. The summed E-state index contributed by atoms with van der Waals surface area (Å²) in [6.07, 6.45) is 2.30. The average Bonchev–Trinajstić information content (AvgIpc) is 2.46. The van der Waals surface area contributed by atoms with E-state index in [-0.39, 0.29) is 5.91 Å². The van der Waals surface area contributed by atoms with E-state index in [0.29, 0.717) is 17.0 Å². The van der Waals surface area contributed by atoms with Crippen LogP contribution in [0, 0.1) is 0 Å². The lowest BCUT2D eigenvalue weighted by Crippen LogP contribution is -2.17.